The van der Waals surface area contributed by atoms with Gasteiger partial charge in [-0.3, -0.25) is 0 Å². The van der Waals surface area contributed by atoms with Crippen LogP contribution >= 0.6 is 0 Å². The van der Waals surface area contributed by atoms with Crippen LogP contribution < -0.4 is 4.18 Å². The fourth-order valence-corrected chi connectivity index (χ4v) is 3.33. The number of hydrogen-bond acceptors (Lipinski definition) is 6. The summed E-state index contributed by atoms with van der Waals surface area (Å²) in [6.07, 6.45) is 1.45. The third-order valence-corrected chi connectivity index (χ3v) is 4.66. The first-order chi connectivity index (χ1) is 11.0. The molecule has 0 radical (unpaired) electrons. The maximum atomic E-state index is 12.4. The monoisotopic (exact) mass is 330 g/mol. The molecule has 8 heteroatoms. The van der Waals surface area contributed by atoms with Crippen molar-refractivity contribution in [1.82, 2.24) is 20.2 Å². The molecule has 0 aliphatic rings. The van der Waals surface area contributed by atoms with Gasteiger partial charge in [-0.15, -0.1) is 5.10 Å². The van der Waals surface area contributed by atoms with Crippen LogP contribution in [0.5, 0.6) is 5.75 Å². The SMILES string of the molecule is Cc1ccc(C)c(S(=O)(=O)Oc2ccc(-n3cnnn3)cc2)c1. The molecule has 0 N–H and O–H groups in total. The van der Waals surface area contributed by atoms with Crippen LogP contribution in [0.15, 0.2) is 53.7 Å². The number of benzene rings is 2. The van der Waals surface area contributed by atoms with Gasteiger partial charge in [-0.1, -0.05) is 12.1 Å². The summed E-state index contributed by atoms with van der Waals surface area (Å²) in [5.41, 5.74) is 2.19. The molecule has 118 valence electrons. The topological polar surface area (TPSA) is 87.0 Å². The third-order valence-electron chi connectivity index (χ3n) is 3.27. The number of aryl methyl sites for hydroxylation is 2. The van der Waals surface area contributed by atoms with E-state index in [1.165, 1.54) is 11.0 Å². The van der Waals surface area contributed by atoms with Crippen LogP contribution in [0, 0.1) is 13.8 Å². The van der Waals surface area contributed by atoms with Gasteiger partial charge in [0, 0.05) is 0 Å². The molecule has 0 aliphatic carbocycles. The van der Waals surface area contributed by atoms with Crippen LogP contribution in [0.25, 0.3) is 5.69 Å². The lowest BCUT2D eigenvalue weighted by Crippen LogP contribution is -2.11. The van der Waals surface area contributed by atoms with E-state index in [0.29, 0.717) is 11.3 Å². The molecule has 23 heavy (non-hydrogen) atoms. The van der Waals surface area contributed by atoms with Gasteiger partial charge in [-0.2, -0.15) is 8.42 Å². The number of aromatic nitrogens is 4. The molecule has 0 saturated carbocycles. The highest BCUT2D eigenvalue weighted by molar-refractivity contribution is 7.87. The lowest BCUT2D eigenvalue weighted by atomic mass is 10.2. The van der Waals surface area contributed by atoms with Crippen LogP contribution in [-0.4, -0.2) is 28.6 Å². The molecule has 0 bridgehead atoms. The molecule has 0 amide bonds. The molecule has 2 aromatic carbocycles. The van der Waals surface area contributed by atoms with Crippen molar-refractivity contribution in [1.29, 1.82) is 0 Å². The molecule has 3 rings (SSSR count). The molecule has 3 aromatic rings. The van der Waals surface area contributed by atoms with Gasteiger partial charge >= 0.3 is 10.1 Å². The predicted octanol–water partition coefficient (Wildman–Crippen LogP) is 2.05. The smallest absolute Gasteiger partial charge is 0.339 e. The molecule has 0 aliphatic heterocycles. The fourth-order valence-electron chi connectivity index (χ4n) is 2.08. The van der Waals surface area contributed by atoms with Crippen molar-refractivity contribution < 1.29 is 12.6 Å². The minimum Gasteiger partial charge on any atom is -0.379 e. The zero-order chi connectivity index (χ0) is 16.4. The van der Waals surface area contributed by atoms with Gasteiger partial charge in [-0.05, 0) is 65.7 Å². The zero-order valence-electron chi connectivity index (χ0n) is 12.5. The summed E-state index contributed by atoms with van der Waals surface area (Å²) in [5.74, 6) is 0.225. The average molecular weight is 330 g/mol. The second kappa shape index (κ2) is 5.81. The highest BCUT2D eigenvalue weighted by Crippen LogP contribution is 2.23. The summed E-state index contributed by atoms with van der Waals surface area (Å²) in [6, 6.07) is 11.7. The van der Waals surface area contributed by atoms with Gasteiger partial charge in [0.25, 0.3) is 0 Å². The Hall–Kier alpha value is -2.74. The number of hydrogen-bond donors (Lipinski definition) is 0. The summed E-state index contributed by atoms with van der Waals surface area (Å²) < 4.78 is 31.5. The average Bonchev–Trinajstić information content (AvgIpc) is 3.04. The minimum atomic E-state index is -3.88. The van der Waals surface area contributed by atoms with E-state index in [4.69, 9.17) is 4.18 Å². The molecule has 0 fully saturated rings. The number of nitrogens with zero attached hydrogens (tertiary/aromatic N) is 4. The summed E-state index contributed by atoms with van der Waals surface area (Å²) >= 11 is 0. The molecule has 7 nitrogen and oxygen atoms in total. The van der Waals surface area contributed by atoms with Gasteiger partial charge in [0.05, 0.1) is 5.69 Å². The van der Waals surface area contributed by atoms with Crippen molar-refractivity contribution in [3.8, 4) is 11.4 Å². The zero-order valence-corrected chi connectivity index (χ0v) is 13.4. The van der Waals surface area contributed by atoms with Gasteiger partial charge in [-0.25, -0.2) is 4.68 Å². The Morgan fingerprint density at radius 1 is 1.04 bits per heavy atom. The Kier molecular flexibility index (Phi) is 3.83. The van der Waals surface area contributed by atoms with Gasteiger partial charge in [0.15, 0.2) is 0 Å². The van der Waals surface area contributed by atoms with Crippen LogP contribution in [0.1, 0.15) is 11.1 Å². The quantitative estimate of drug-likeness (QED) is 0.680. The van der Waals surface area contributed by atoms with Crippen molar-refractivity contribution >= 4 is 10.1 Å². The summed E-state index contributed by atoms with van der Waals surface area (Å²) in [7, 11) is -3.88. The summed E-state index contributed by atoms with van der Waals surface area (Å²) in [4.78, 5) is 0.169. The molecule has 0 spiro atoms. The van der Waals surface area contributed by atoms with E-state index in [1.807, 2.05) is 13.0 Å². The van der Waals surface area contributed by atoms with E-state index in [1.54, 1.807) is 43.3 Å². The van der Waals surface area contributed by atoms with E-state index in [2.05, 4.69) is 15.5 Å². The van der Waals surface area contributed by atoms with E-state index in [9.17, 15) is 8.42 Å². The van der Waals surface area contributed by atoms with E-state index < -0.39 is 10.1 Å². The minimum absolute atomic E-state index is 0.169. The largest absolute Gasteiger partial charge is 0.379 e. The number of tetrazole rings is 1. The van der Waals surface area contributed by atoms with Gasteiger partial charge in [0.1, 0.15) is 17.0 Å². The maximum absolute atomic E-state index is 12.4. The first-order valence-electron chi connectivity index (χ1n) is 6.81. The van der Waals surface area contributed by atoms with Crippen molar-refractivity contribution in [2.75, 3.05) is 0 Å². The van der Waals surface area contributed by atoms with Crippen LogP contribution in [0.3, 0.4) is 0 Å². The van der Waals surface area contributed by atoms with Crippen molar-refractivity contribution in [2.24, 2.45) is 0 Å². The molecular formula is C15H14N4O3S. The second-order valence-electron chi connectivity index (χ2n) is 5.05. The van der Waals surface area contributed by atoms with Gasteiger partial charge < -0.3 is 4.18 Å². The first-order valence-corrected chi connectivity index (χ1v) is 8.22. The van der Waals surface area contributed by atoms with E-state index in [-0.39, 0.29) is 10.6 Å². The van der Waals surface area contributed by atoms with E-state index in [0.717, 1.165) is 5.56 Å². The maximum Gasteiger partial charge on any atom is 0.339 e. The Morgan fingerprint density at radius 2 is 1.78 bits per heavy atom. The molecular weight excluding hydrogens is 316 g/mol. The summed E-state index contributed by atoms with van der Waals surface area (Å²) in [5, 5.41) is 10.8. The Bertz CT molecular complexity index is 920. The van der Waals surface area contributed by atoms with E-state index >= 15 is 0 Å². The Balaban J connectivity index is 1.87. The highest BCUT2D eigenvalue weighted by Gasteiger charge is 2.19. The molecule has 1 aromatic heterocycles. The third kappa shape index (κ3) is 3.21. The Labute approximate surface area is 133 Å². The molecule has 1 heterocycles. The van der Waals surface area contributed by atoms with Gasteiger partial charge in [0.2, 0.25) is 0 Å². The lowest BCUT2D eigenvalue weighted by Gasteiger charge is -2.10. The van der Waals surface area contributed by atoms with Crippen molar-refractivity contribution in [3.05, 3.63) is 59.9 Å². The van der Waals surface area contributed by atoms with Crippen LogP contribution in [-0.2, 0) is 10.1 Å². The highest BCUT2D eigenvalue weighted by atomic mass is 32.2. The lowest BCUT2D eigenvalue weighted by molar-refractivity contribution is 0.485. The fraction of sp³-hybridized carbons (Fsp3) is 0.133. The normalized spacial score (nSPS) is 11.4. The van der Waals surface area contributed by atoms with Crippen molar-refractivity contribution in [2.45, 2.75) is 18.7 Å². The number of rotatable bonds is 4. The van der Waals surface area contributed by atoms with Crippen molar-refractivity contribution in [3.63, 3.8) is 0 Å². The first kappa shape index (κ1) is 15.2. The molecule has 0 unspecified atom stereocenters. The second-order valence-corrected chi connectivity index (χ2v) is 6.57. The summed E-state index contributed by atoms with van der Waals surface area (Å²) in [6.45, 7) is 3.57. The Morgan fingerprint density at radius 3 is 2.43 bits per heavy atom. The molecule has 0 atom stereocenters. The standard InChI is InChI=1S/C15H14N4O3S/c1-11-3-4-12(2)15(9-11)23(20,21)22-14-7-5-13(6-8-14)19-10-16-17-18-19/h3-10H,1-2H3. The molecule has 0 saturated heterocycles. The van der Waals surface area contributed by atoms with Crippen LogP contribution in [0.2, 0.25) is 0 Å². The predicted molar refractivity (Wildman–Crippen MR) is 82.9 cm³/mol. The van der Waals surface area contributed by atoms with Crippen LogP contribution in [0.4, 0.5) is 0 Å².